The third kappa shape index (κ3) is 1.87. The maximum absolute atomic E-state index is 10.8. The Morgan fingerprint density at radius 3 is 3.00 bits per heavy atom. The number of hydrogen-bond donors (Lipinski definition) is 1. The summed E-state index contributed by atoms with van der Waals surface area (Å²) in [6, 6.07) is 3.76. The summed E-state index contributed by atoms with van der Waals surface area (Å²) in [5.74, 6) is -0.182. The highest BCUT2D eigenvalue weighted by atomic mass is 32.1. The smallest absolute Gasteiger partial charge is 0.296 e. The number of nitrogens with one attached hydrogen (secondary N) is 1. The van der Waals surface area contributed by atoms with Crippen LogP contribution in [0.4, 0.5) is 0 Å². The molecule has 17 heavy (non-hydrogen) atoms. The van der Waals surface area contributed by atoms with Crippen molar-refractivity contribution < 1.29 is 4.52 Å². The number of aromatic amines is 1. The van der Waals surface area contributed by atoms with Gasteiger partial charge in [0.2, 0.25) is 0 Å². The first-order chi connectivity index (χ1) is 8.33. The molecular formula is C10H6N4O2S. The van der Waals surface area contributed by atoms with Gasteiger partial charge in [-0.3, -0.25) is 14.5 Å². The maximum Gasteiger partial charge on any atom is 0.439 e. The van der Waals surface area contributed by atoms with Gasteiger partial charge in [-0.2, -0.15) is 0 Å². The summed E-state index contributed by atoms with van der Waals surface area (Å²) in [5, 5.41) is 4.42. The van der Waals surface area contributed by atoms with Crippen molar-refractivity contribution in [2.24, 2.45) is 0 Å². The lowest BCUT2D eigenvalue weighted by molar-refractivity contribution is 0.388. The van der Waals surface area contributed by atoms with Gasteiger partial charge < -0.3 is 0 Å². The lowest BCUT2D eigenvalue weighted by atomic mass is 10.3. The van der Waals surface area contributed by atoms with Gasteiger partial charge in [0.15, 0.2) is 5.82 Å². The first-order valence-electron chi connectivity index (χ1n) is 4.75. The predicted molar refractivity (Wildman–Crippen MR) is 61.5 cm³/mol. The van der Waals surface area contributed by atoms with Crippen LogP contribution in [0.1, 0.15) is 0 Å². The van der Waals surface area contributed by atoms with Crippen LogP contribution in [0, 0.1) is 0 Å². The fourth-order valence-electron chi connectivity index (χ4n) is 1.34. The summed E-state index contributed by atoms with van der Waals surface area (Å²) < 4.78 is 4.44. The summed E-state index contributed by atoms with van der Waals surface area (Å²) in [5.41, 5.74) is 0.926. The minimum atomic E-state index is -0.573. The Morgan fingerprint density at radius 1 is 1.35 bits per heavy atom. The van der Waals surface area contributed by atoms with Crippen molar-refractivity contribution in [3.8, 4) is 21.3 Å². The average Bonchev–Trinajstić information content (AvgIpc) is 2.98. The molecule has 0 saturated carbocycles. The van der Waals surface area contributed by atoms with Crippen molar-refractivity contribution in [2.45, 2.75) is 0 Å². The number of pyridine rings is 1. The van der Waals surface area contributed by atoms with Crippen molar-refractivity contribution in [2.75, 3.05) is 0 Å². The van der Waals surface area contributed by atoms with Crippen LogP contribution in [0.25, 0.3) is 21.3 Å². The third-order valence-electron chi connectivity index (χ3n) is 2.09. The molecule has 0 unspecified atom stereocenters. The van der Waals surface area contributed by atoms with E-state index in [1.807, 2.05) is 12.1 Å². The normalized spacial score (nSPS) is 10.6. The average molecular weight is 246 g/mol. The van der Waals surface area contributed by atoms with Gasteiger partial charge in [-0.05, 0) is 12.1 Å². The summed E-state index contributed by atoms with van der Waals surface area (Å²) in [4.78, 5) is 22.3. The van der Waals surface area contributed by atoms with E-state index in [9.17, 15) is 4.79 Å². The van der Waals surface area contributed by atoms with E-state index in [1.54, 1.807) is 18.6 Å². The first kappa shape index (κ1) is 9.91. The van der Waals surface area contributed by atoms with Crippen LogP contribution in [0.15, 0.2) is 40.0 Å². The standard InChI is InChI=1S/C10H6N4O2S/c15-10-13-8(14-16-10)7-5-12-9(17-7)6-2-1-3-11-4-6/h1-5H,(H,13,14,15). The predicted octanol–water partition coefficient (Wildman–Crippen LogP) is 1.55. The fraction of sp³-hybridized carbons (Fsp3) is 0. The molecule has 0 radical (unpaired) electrons. The number of hydrogen-bond acceptors (Lipinski definition) is 6. The molecule has 0 spiro atoms. The van der Waals surface area contributed by atoms with Gasteiger partial charge in [-0.1, -0.05) is 5.16 Å². The quantitative estimate of drug-likeness (QED) is 0.741. The van der Waals surface area contributed by atoms with E-state index < -0.39 is 5.76 Å². The van der Waals surface area contributed by atoms with E-state index in [0.29, 0.717) is 5.82 Å². The van der Waals surface area contributed by atoms with Gasteiger partial charge in [0.25, 0.3) is 0 Å². The highest BCUT2D eigenvalue weighted by Gasteiger charge is 2.10. The zero-order chi connectivity index (χ0) is 11.7. The first-order valence-corrected chi connectivity index (χ1v) is 5.57. The molecule has 0 bridgehead atoms. The lowest BCUT2D eigenvalue weighted by Crippen LogP contribution is -1.94. The van der Waals surface area contributed by atoms with Gasteiger partial charge in [0.05, 0.1) is 4.88 Å². The minimum Gasteiger partial charge on any atom is -0.296 e. The maximum atomic E-state index is 10.8. The molecule has 1 N–H and O–H groups in total. The van der Waals surface area contributed by atoms with E-state index in [0.717, 1.165) is 15.4 Å². The molecule has 7 heteroatoms. The van der Waals surface area contributed by atoms with E-state index in [-0.39, 0.29) is 0 Å². The third-order valence-corrected chi connectivity index (χ3v) is 3.14. The van der Waals surface area contributed by atoms with Crippen molar-refractivity contribution >= 4 is 11.3 Å². The van der Waals surface area contributed by atoms with Crippen LogP contribution in [0.5, 0.6) is 0 Å². The highest BCUT2D eigenvalue weighted by molar-refractivity contribution is 7.18. The van der Waals surface area contributed by atoms with E-state index >= 15 is 0 Å². The van der Waals surface area contributed by atoms with Crippen LogP contribution in [-0.2, 0) is 0 Å². The molecule has 0 saturated heterocycles. The fourth-order valence-corrected chi connectivity index (χ4v) is 2.19. The Balaban J connectivity index is 2.01. The van der Waals surface area contributed by atoms with E-state index in [4.69, 9.17) is 0 Å². The van der Waals surface area contributed by atoms with Crippen LogP contribution in [0.3, 0.4) is 0 Å². The number of nitrogens with zero attached hydrogens (tertiary/aromatic N) is 3. The van der Waals surface area contributed by atoms with Gasteiger partial charge in [0.1, 0.15) is 5.01 Å². The van der Waals surface area contributed by atoms with Crippen LogP contribution >= 0.6 is 11.3 Å². The molecule has 3 rings (SSSR count). The molecule has 0 aliphatic carbocycles. The highest BCUT2D eigenvalue weighted by Crippen LogP contribution is 2.29. The molecule has 84 valence electrons. The summed E-state index contributed by atoms with van der Waals surface area (Å²) in [6.45, 7) is 0. The Hall–Kier alpha value is -2.28. The second-order valence-electron chi connectivity index (χ2n) is 3.22. The van der Waals surface area contributed by atoms with Crippen molar-refractivity contribution in [3.63, 3.8) is 0 Å². The molecule has 0 aliphatic heterocycles. The molecule has 0 amide bonds. The molecule has 0 aliphatic rings. The van der Waals surface area contributed by atoms with Crippen LogP contribution < -0.4 is 5.76 Å². The van der Waals surface area contributed by atoms with Crippen molar-refractivity contribution in [3.05, 3.63) is 41.3 Å². The zero-order valence-corrected chi connectivity index (χ0v) is 9.27. The second kappa shape index (κ2) is 3.95. The Bertz CT molecular complexity index is 685. The number of rotatable bonds is 2. The topological polar surface area (TPSA) is 84.7 Å². The Labute approximate surface area is 99.0 Å². The van der Waals surface area contributed by atoms with Gasteiger partial charge in [-0.25, -0.2) is 9.78 Å². The van der Waals surface area contributed by atoms with Crippen LogP contribution in [0.2, 0.25) is 0 Å². The molecule has 0 atom stereocenters. The lowest BCUT2D eigenvalue weighted by Gasteiger charge is -1.91. The Morgan fingerprint density at radius 2 is 2.29 bits per heavy atom. The summed E-state index contributed by atoms with van der Waals surface area (Å²) in [7, 11) is 0. The monoisotopic (exact) mass is 246 g/mol. The van der Waals surface area contributed by atoms with Gasteiger partial charge in [-0.15, -0.1) is 11.3 Å². The molecule has 0 aromatic carbocycles. The molecule has 6 nitrogen and oxygen atoms in total. The zero-order valence-electron chi connectivity index (χ0n) is 8.45. The molecule has 0 fully saturated rings. The van der Waals surface area contributed by atoms with E-state index in [1.165, 1.54) is 11.3 Å². The van der Waals surface area contributed by atoms with Gasteiger partial charge in [0, 0.05) is 24.2 Å². The van der Waals surface area contributed by atoms with E-state index in [2.05, 4.69) is 24.6 Å². The molecular weight excluding hydrogens is 240 g/mol. The van der Waals surface area contributed by atoms with Gasteiger partial charge >= 0.3 is 5.76 Å². The molecule has 3 aromatic heterocycles. The second-order valence-corrected chi connectivity index (χ2v) is 4.25. The molecule has 3 aromatic rings. The Kier molecular flexibility index (Phi) is 2.30. The number of H-pyrrole nitrogens is 1. The van der Waals surface area contributed by atoms with Crippen molar-refractivity contribution in [1.82, 2.24) is 20.1 Å². The minimum absolute atomic E-state index is 0.391. The van der Waals surface area contributed by atoms with Crippen LogP contribution in [-0.4, -0.2) is 20.1 Å². The summed E-state index contributed by atoms with van der Waals surface area (Å²) >= 11 is 1.41. The number of thiazole rings is 1. The SMILES string of the molecule is O=c1[nH]c(-c2cnc(-c3cccnc3)s2)no1. The summed E-state index contributed by atoms with van der Waals surface area (Å²) in [6.07, 6.45) is 5.07. The number of aromatic nitrogens is 4. The van der Waals surface area contributed by atoms with Crippen molar-refractivity contribution in [1.29, 1.82) is 0 Å². The largest absolute Gasteiger partial charge is 0.439 e. The molecule has 3 heterocycles.